The number of amides is 1. The van der Waals surface area contributed by atoms with E-state index in [2.05, 4.69) is 25.5 Å². The first-order valence-electron chi connectivity index (χ1n) is 7.58. The predicted molar refractivity (Wildman–Crippen MR) is 87.3 cm³/mol. The van der Waals surface area contributed by atoms with Crippen molar-refractivity contribution in [3.63, 3.8) is 0 Å². The summed E-state index contributed by atoms with van der Waals surface area (Å²) in [5.74, 6) is 0.358. The minimum atomic E-state index is -0.315. The van der Waals surface area contributed by atoms with Gasteiger partial charge in [0.05, 0.1) is 29.9 Å². The summed E-state index contributed by atoms with van der Waals surface area (Å²) in [5, 5.41) is 10.8. The van der Waals surface area contributed by atoms with Gasteiger partial charge in [-0.05, 0) is 19.1 Å². The molecule has 3 aromatic rings. The Morgan fingerprint density at radius 2 is 2.12 bits per heavy atom. The third-order valence-electron chi connectivity index (χ3n) is 3.60. The van der Waals surface area contributed by atoms with Crippen LogP contribution in [0.5, 0.6) is 0 Å². The van der Waals surface area contributed by atoms with Gasteiger partial charge in [0, 0.05) is 13.7 Å². The van der Waals surface area contributed by atoms with Crippen LogP contribution in [-0.4, -0.2) is 44.4 Å². The van der Waals surface area contributed by atoms with E-state index in [0.29, 0.717) is 24.5 Å². The van der Waals surface area contributed by atoms with Gasteiger partial charge in [-0.25, -0.2) is 4.98 Å². The third kappa shape index (κ3) is 3.38. The number of methoxy groups -OCH3 is 1. The van der Waals surface area contributed by atoms with Crippen molar-refractivity contribution in [2.24, 2.45) is 0 Å². The monoisotopic (exact) mass is 326 g/mol. The van der Waals surface area contributed by atoms with E-state index in [1.54, 1.807) is 13.4 Å². The summed E-state index contributed by atoms with van der Waals surface area (Å²) in [4.78, 5) is 21.0. The highest BCUT2D eigenvalue weighted by molar-refractivity contribution is 5.93. The SMILES string of the molecule is COCCn1cnnc1C(C)NC(=O)c1cnc2ccccc2n1. The van der Waals surface area contributed by atoms with Crippen molar-refractivity contribution in [1.82, 2.24) is 30.0 Å². The molecule has 8 heteroatoms. The Balaban J connectivity index is 1.74. The van der Waals surface area contributed by atoms with Crippen molar-refractivity contribution in [3.05, 3.63) is 48.3 Å². The maximum absolute atomic E-state index is 12.4. The highest BCUT2D eigenvalue weighted by Crippen LogP contribution is 2.12. The fraction of sp³-hybridized carbons (Fsp3) is 0.312. The summed E-state index contributed by atoms with van der Waals surface area (Å²) in [6.07, 6.45) is 3.09. The van der Waals surface area contributed by atoms with Crippen molar-refractivity contribution in [2.75, 3.05) is 13.7 Å². The fourth-order valence-corrected chi connectivity index (χ4v) is 2.36. The van der Waals surface area contributed by atoms with E-state index in [1.165, 1.54) is 6.20 Å². The van der Waals surface area contributed by atoms with Crippen LogP contribution in [0.25, 0.3) is 11.0 Å². The van der Waals surface area contributed by atoms with Crippen LogP contribution in [0.15, 0.2) is 36.8 Å². The second kappa shape index (κ2) is 7.14. The molecule has 0 aliphatic carbocycles. The summed E-state index contributed by atoms with van der Waals surface area (Å²) in [7, 11) is 1.63. The number of benzene rings is 1. The van der Waals surface area contributed by atoms with Gasteiger partial charge < -0.3 is 14.6 Å². The molecule has 1 atom stereocenters. The number of hydrogen-bond acceptors (Lipinski definition) is 6. The van der Waals surface area contributed by atoms with Gasteiger partial charge in [0.1, 0.15) is 12.0 Å². The molecule has 0 bridgehead atoms. The van der Waals surface area contributed by atoms with E-state index >= 15 is 0 Å². The zero-order valence-corrected chi connectivity index (χ0v) is 13.5. The van der Waals surface area contributed by atoms with Gasteiger partial charge in [0.25, 0.3) is 5.91 Å². The largest absolute Gasteiger partial charge is 0.383 e. The van der Waals surface area contributed by atoms with E-state index in [1.807, 2.05) is 35.8 Å². The van der Waals surface area contributed by atoms with E-state index in [4.69, 9.17) is 4.74 Å². The maximum Gasteiger partial charge on any atom is 0.272 e. The number of fused-ring (bicyclic) bond motifs is 1. The molecular weight excluding hydrogens is 308 g/mol. The maximum atomic E-state index is 12.4. The Morgan fingerprint density at radius 1 is 1.33 bits per heavy atom. The van der Waals surface area contributed by atoms with Crippen LogP contribution in [0.4, 0.5) is 0 Å². The zero-order chi connectivity index (χ0) is 16.9. The number of para-hydroxylation sites is 2. The number of nitrogens with zero attached hydrogens (tertiary/aromatic N) is 5. The molecule has 0 aliphatic heterocycles. The Hall–Kier alpha value is -2.87. The average molecular weight is 326 g/mol. The Morgan fingerprint density at radius 3 is 2.92 bits per heavy atom. The fourth-order valence-electron chi connectivity index (χ4n) is 2.36. The molecular formula is C16H18N6O2. The molecule has 0 spiro atoms. The first-order valence-corrected chi connectivity index (χ1v) is 7.58. The Labute approximate surface area is 138 Å². The molecule has 1 aromatic carbocycles. The molecule has 1 N–H and O–H groups in total. The summed E-state index contributed by atoms with van der Waals surface area (Å²) < 4.78 is 6.91. The van der Waals surface area contributed by atoms with Crippen LogP contribution in [0.2, 0.25) is 0 Å². The second-order valence-corrected chi connectivity index (χ2v) is 5.31. The lowest BCUT2D eigenvalue weighted by molar-refractivity contribution is 0.0932. The van der Waals surface area contributed by atoms with Gasteiger partial charge in [-0.1, -0.05) is 12.1 Å². The number of carbonyl (C=O) groups excluding carboxylic acids is 1. The van der Waals surface area contributed by atoms with Gasteiger partial charge >= 0.3 is 0 Å². The van der Waals surface area contributed by atoms with Crippen molar-refractivity contribution in [2.45, 2.75) is 19.5 Å². The van der Waals surface area contributed by atoms with E-state index in [0.717, 1.165) is 5.52 Å². The molecule has 0 saturated heterocycles. The number of rotatable bonds is 6. The highest BCUT2D eigenvalue weighted by Gasteiger charge is 2.18. The van der Waals surface area contributed by atoms with Gasteiger partial charge in [0.15, 0.2) is 5.82 Å². The topological polar surface area (TPSA) is 94.8 Å². The number of nitrogens with one attached hydrogen (secondary N) is 1. The molecule has 1 unspecified atom stereocenters. The zero-order valence-electron chi connectivity index (χ0n) is 13.5. The number of ether oxygens (including phenoxy) is 1. The molecule has 3 rings (SSSR count). The second-order valence-electron chi connectivity index (χ2n) is 5.31. The van der Waals surface area contributed by atoms with Crippen molar-refractivity contribution >= 4 is 16.9 Å². The lowest BCUT2D eigenvalue weighted by atomic mass is 10.2. The standard InChI is InChI=1S/C16H18N6O2/c1-11(15-21-18-10-22(15)7-8-24-2)19-16(23)14-9-17-12-5-3-4-6-13(12)20-14/h3-6,9-11H,7-8H2,1-2H3,(H,19,23). The van der Waals surface area contributed by atoms with E-state index < -0.39 is 0 Å². The molecule has 8 nitrogen and oxygen atoms in total. The van der Waals surface area contributed by atoms with Crippen LogP contribution in [0.1, 0.15) is 29.3 Å². The molecule has 124 valence electrons. The van der Waals surface area contributed by atoms with Gasteiger partial charge in [0.2, 0.25) is 0 Å². The van der Waals surface area contributed by atoms with Crippen LogP contribution in [-0.2, 0) is 11.3 Å². The number of aromatic nitrogens is 5. The molecule has 0 fully saturated rings. The first kappa shape index (κ1) is 16.0. The molecule has 2 aromatic heterocycles. The number of carbonyl (C=O) groups is 1. The van der Waals surface area contributed by atoms with Crippen molar-refractivity contribution in [3.8, 4) is 0 Å². The van der Waals surface area contributed by atoms with Gasteiger partial charge in [-0.3, -0.25) is 9.78 Å². The summed E-state index contributed by atoms with van der Waals surface area (Å²) in [6.45, 7) is 3.01. The Kier molecular flexibility index (Phi) is 4.76. The molecule has 0 saturated carbocycles. The van der Waals surface area contributed by atoms with Crippen LogP contribution in [0, 0.1) is 0 Å². The quantitative estimate of drug-likeness (QED) is 0.735. The third-order valence-corrected chi connectivity index (χ3v) is 3.60. The van der Waals surface area contributed by atoms with Crippen molar-refractivity contribution in [1.29, 1.82) is 0 Å². The molecule has 24 heavy (non-hydrogen) atoms. The Bertz CT molecular complexity index is 847. The minimum absolute atomic E-state index is 0.267. The van der Waals surface area contributed by atoms with Crippen LogP contribution >= 0.6 is 0 Å². The highest BCUT2D eigenvalue weighted by atomic mass is 16.5. The smallest absolute Gasteiger partial charge is 0.272 e. The molecule has 0 aliphatic rings. The summed E-state index contributed by atoms with van der Waals surface area (Å²) >= 11 is 0. The summed E-state index contributed by atoms with van der Waals surface area (Å²) in [6, 6.07) is 7.10. The van der Waals surface area contributed by atoms with Crippen LogP contribution in [0.3, 0.4) is 0 Å². The average Bonchev–Trinajstić information content (AvgIpc) is 3.08. The van der Waals surface area contributed by atoms with Gasteiger partial charge in [-0.2, -0.15) is 0 Å². The molecule has 2 heterocycles. The van der Waals surface area contributed by atoms with Gasteiger partial charge in [-0.15, -0.1) is 10.2 Å². The van der Waals surface area contributed by atoms with E-state index in [9.17, 15) is 4.79 Å². The summed E-state index contributed by atoms with van der Waals surface area (Å²) in [5.41, 5.74) is 1.70. The first-order chi connectivity index (χ1) is 11.7. The minimum Gasteiger partial charge on any atom is -0.383 e. The molecule has 1 amide bonds. The molecule has 0 radical (unpaired) electrons. The lowest BCUT2D eigenvalue weighted by Gasteiger charge is -2.14. The van der Waals surface area contributed by atoms with Crippen molar-refractivity contribution < 1.29 is 9.53 Å². The predicted octanol–water partition coefficient (Wildman–Crippen LogP) is 1.36. The van der Waals surface area contributed by atoms with E-state index in [-0.39, 0.29) is 17.6 Å². The normalized spacial score (nSPS) is 12.2. The lowest BCUT2D eigenvalue weighted by Crippen LogP contribution is -2.29. The van der Waals surface area contributed by atoms with Crippen LogP contribution < -0.4 is 5.32 Å². The number of hydrogen-bond donors (Lipinski definition) is 1.